The molecule has 0 saturated carbocycles. The van der Waals surface area contributed by atoms with Gasteiger partial charge in [-0.2, -0.15) is 0 Å². The molecule has 2 N–H and O–H groups in total. The molecular formula is C24H27N5O2. The SMILES string of the molecule is CNC(=O)c1ccccc1NC(=O)c1cc(CCCN(C)C)nc(-c2ccccc2)n1. The third-order valence-corrected chi connectivity index (χ3v) is 4.73. The van der Waals surface area contributed by atoms with Crippen LogP contribution in [0.15, 0.2) is 60.7 Å². The van der Waals surface area contributed by atoms with Crippen LogP contribution in [0.25, 0.3) is 11.4 Å². The third-order valence-electron chi connectivity index (χ3n) is 4.73. The maximum atomic E-state index is 13.1. The molecule has 0 fully saturated rings. The van der Waals surface area contributed by atoms with Crippen molar-refractivity contribution in [2.24, 2.45) is 0 Å². The first-order valence-electron chi connectivity index (χ1n) is 10.2. The van der Waals surface area contributed by atoms with Gasteiger partial charge in [-0.1, -0.05) is 42.5 Å². The average molecular weight is 418 g/mol. The maximum Gasteiger partial charge on any atom is 0.274 e. The van der Waals surface area contributed by atoms with Gasteiger partial charge in [0, 0.05) is 18.3 Å². The monoisotopic (exact) mass is 417 g/mol. The van der Waals surface area contributed by atoms with Gasteiger partial charge in [0.2, 0.25) is 0 Å². The Morgan fingerprint density at radius 1 is 0.935 bits per heavy atom. The Balaban J connectivity index is 1.92. The van der Waals surface area contributed by atoms with E-state index in [1.807, 2.05) is 44.4 Å². The van der Waals surface area contributed by atoms with E-state index in [1.165, 1.54) is 0 Å². The van der Waals surface area contributed by atoms with Gasteiger partial charge in [-0.15, -0.1) is 0 Å². The highest BCUT2D eigenvalue weighted by atomic mass is 16.2. The molecule has 1 heterocycles. The molecule has 2 amide bonds. The molecule has 1 aromatic heterocycles. The van der Waals surface area contributed by atoms with E-state index in [4.69, 9.17) is 0 Å². The van der Waals surface area contributed by atoms with Crippen LogP contribution in [0.5, 0.6) is 0 Å². The van der Waals surface area contributed by atoms with E-state index < -0.39 is 0 Å². The van der Waals surface area contributed by atoms with Gasteiger partial charge in [0.25, 0.3) is 11.8 Å². The lowest BCUT2D eigenvalue weighted by atomic mass is 10.1. The number of carbonyl (C=O) groups excluding carboxylic acids is 2. The van der Waals surface area contributed by atoms with Crippen LogP contribution < -0.4 is 10.6 Å². The van der Waals surface area contributed by atoms with Crippen LogP contribution in [0.4, 0.5) is 5.69 Å². The van der Waals surface area contributed by atoms with E-state index in [1.54, 1.807) is 37.4 Å². The lowest BCUT2D eigenvalue weighted by molar-refractivity contribution is 0.0964. The number of amides is 2. The second kappa shape index (κ2) is 10.4. The van der Waals surface area contributed by atoms with E-state index in [9.17, 15) is 9.59 Å². The molecule has 3 aromatic rings. The van der Waals surface area contributed by atoms with Gasteiger partial charge < -0.3 is 15.5 Å². The zero-order chi connectivity index (χ0) is 22.2. The van der Waals surface area contributed by atoms with E-state index in [-0.39, 0.29) is 17.5 Å². The number of nitrogens with zero attached hydrogens (tertiary/aromatic N) is 3. The molecule has 31 heavy (non-hydrogen) atoms. The number of hydrogen-bond donors (Lipinski definition) is 2. The van der Waals surface area contributed by atoms with E-state index in [2.05, 4.69) is 25.5 Å². The predicted molar refractivity (Wildman–Crippen MR) is 122 cm³/mol. The highest BCUT2D eigenvalue weighted by Crippen LogP contribution is 2.19. The summed E-state index contributed by atoms with van der Waals surface area (Å²) in [5, 5.41) is 5.41. The summed E-state index contributed by atoms with van der Waals surface area (Å²) in [5.74, 6) is -0.148. The molecule has 0 aliphatic carbocycles. The topological polar surface area (TPSA) is 87.2 Å². The lowest BCUT2D eigenvalue weighted by Gasteiger charge is -2.12. The van der Waals surface area contributed by atoms with Crippen molar-refractivity contribution >= 4 is 17.5 Å². The average Bonchev–Trinajstić information content (AvgIpc) is 2.79. The first-order valence-corrected chi connectivity index (χ1v) is 10.2. The molecule has 0 radical (unpaired) electrons. The molecule has 0 saturated heterocycles. The fourth-order valence-corrected chi connectivity index (χ4v) is 3.15. The maximum absolute atomic E-state index is 13.1. The minimum atomic E-state index is -0.384. The quantitative estimate of drug-likeness (QED) is 0.588. The molecule has 2 aromatic carbocycles. The summed E-state index contributed by atoms with van der Waals surface area (Å²) < 4.78 is 0. The van der Waals surface area contributed by atoms with Crippen LogP contribution in [0, 0.1) is 0 Å². The molecule has 160 valence electrons. The second-order valence-electron chi connectivity index (χ2n) is 7.42. The van der Waals surface area contributed by atoms with Gasteiger partial charge in [0.05, 0.1) is 11.3 Å². The van der Waals surface area contributed by atoms with Crippen molar-refractivity contribution in [1.82, 2.24) is 20.2 Å². The second-order valence-corrected chi connectivity index (χ2v) is 7.42. The fourth-order valence-electron chi connectivity index (χ4n) is 3.15. The summed E-state index contributed by atoms with van der Waals surface area (Å²) in [6.45, 7) is 0.922. The summed E-state index contributed by atoms with van der Waals surface area (Å²) >= 11 is 0. The molecular weight excluding hydrogens is 390 g/mol. The van der Waals surface area contributed by atoms with Crippen molar-refractivity contribution in [1.29, 1.82) is 0 Å². The van der Waals surface area contributed by atoms with Crippen LogP contribution in [0.3, 0.4) is 0 Å². The van der Waals surface area contributed by atoms with Crippen LogP contribution in [-0.4, -0.2) is 54.4 Å². The van der Waals surface area contributed by atoms with Crippen molar-refractivity contribution < 1.29 is 9.59 Å². The first-order chi connectivity index (χ1) is 15.0. The van der Waals surface area contributed by atoms with Crippen LogP contribution in [0.1, 0.15) is 33.0 Å². The molecule has 0 aliphatic heterocycles. The van der Waals surface area contributed by atoms with Crippen molar-refractivity contribution in [3.05, 3.63) is 77.6 Å². The Bertz CT molecular complexity index is 1050. The Hall–Kier alpha value is -3.58. The number of anilines is 1. The molecule has 0 bridgehead atoms. The molecule has 0 atom stereocenters. The lowest BCUT2D eigenvalue weighted by Crippen LogP contribution is -2.22. The van der Waals surface area contributed by atoms with Crippen molar-refractivity contribution in [2.45, 2.75) is 12.8 Å². The first kappa shape index (κ1) is 22.1. The molecule has 7 heteroatoms. The zero-order valence-electron chi connectivity index (χ0n) is 18.1. The number of rotatable bonds is 8. The number of aromatic nitrogens is 2. The molecule has 0 spiro atoms. The van der Waals surface area contributed by atoms with Gasteiger partial charge in [-0.05, 0) is 51.7 Å². The summed E-state index contributed by atoms with van der Waals surface area (Å²) in [6, 6.07) is 18.2. The van der Waals surface area contributed by atoms with Crippen LogP contribution in [0.2, 0.25) is 0 Å². The molecule has 7 nitrogen and oxygen atoms in total. The van der Waals surface area contributed by atoms with Gasteiger partial charge in [0.15, 0.2) is 5.82 Å². The number of carbonyl (C=O) groups is 2. The van der Waals surface area contributed by atoms with Gasteiger partial charge in [-0.3, -0.25) is 9.59 Å². The third kappa shape index (κ3) is 5.96. The zero-order valence-corrected chi connectivity index (χ0v) is 18.1. The number of aryl methyl sites for hydroxylation is 1. The Morgan fingerprint density at radius 2 is 1.65 bits per heavy atom. The number of para-hydroxylation sites is 1. The van der Waals surface area contributed by atoms with Crippen molar-refractivity contribution in [3.8, 4) is 11.4 Å². The van der Waals surface area contributed by atoms with E-state index in [0.717, 1.165) is 30.6 Å². The normalized spacial score (nSPS) is 10.7. The molecule has 3 rings (SSSR count). The predicted octanol–water partition coefficient (Wildman–Crippen LogP) is 3.25. The van der Waals surface area contributed by atoms with E-state index >= 15 is 0 Å². The minimum absolute atomic E-state index is 0.264. The summed E-state index contributed by atoms with van der Waals surface area (Å²) in [4.78, 5) is 36.5. The summed E-state index contributed by atoms with van der Waals surface area (Å²) in [6.07, 6.45) is 1.65. The smallest absolute Gasteiger partial charge is 0.274 e. The van der Waals surface area contributed by atoms with Gasteiger partial charge in [-0.25, -0.2) is 9.97 Å². The number of nitrogens with one attached hydrogen (secondary N) is 2. The highest BCUT2D eigenvalue weighted by molar-refractivity contribution is 6.08. The summed E-state index contributed by atoms with van der Waals surface area (Å²) in [5.41, 5.74) is 2.74. The Labute approximate surface area is 182 Å². The van der Waals surface area contributed by atoms with E-state index in [0.29, 0.717) is 17.1 Å². The number of benzene rings is 2. The molecule has 0 unspecified atom stereocenters. The van der Waals surface area contributed by atoms with Gasteiger partial charge >= 0.3 is 0 Å². The highest BCUT2D eigenvalue weighted by Gasteiger charge is 2.16. The van der Waals surface area contributed by atoms with Gasteiger partial charge in [0.1, 0.15) is 5.69 Å². The van der Waals surface area contributed by atoms with Crippen LogP contribution >= 0.6 is 0 Å². The number of hydrogen-bond acceptors (Lipinski definition) is 5. The van der Waals surface area contributed by atoms with Crippen LogP contribution in [-0.2, 0) is 6.42 Å². The summed E-state index contributed by atoms with van der Waals surface area (Å²) in [7, 11) is 5.60. The minimum Gasteiger partial charge on any atom is -0.355 e. The van der Waals surface area contributed by atoms with Crippen molar-refractivity contribution in [2.75, 3.05) is 33.0 Å². The largest absolute Gasteiger partial charge is 0.355 e. The van der Waals surface area contributed by atoms with Crippen molar-refractivity contribution in [3.63, 3.8) is 0 Å². The standard InChI is InChI=1S/C24H27N5O2/c1-25-23(30)19-13-7-8-14-20(19)28-24(31)21-16-18(12-9-15-29(2)3)26-22(27-21)17-10-5-4-6-11-17/h4-8,10-11,13-14,16H,9,12,15H2,1-3H3,(H,25,30)(H,28,31). The molecule has 0 aliphatic rings. The Morgan fingerprint density at radius 3 is 2.35 bits per heavy atom. The Kier molecular flexibility index (Phi) is 7.45. The fraction of sp³-hybridized carbons (Fsp3) is 0.250.